The topological polar surface area (TPSA) is 53.0 Å². The van der Waals surface area contributed by atoms with Crippen LogP contribution in [0.4, 0.5) is 0 Å². The molecule has 0 rings (SSSR count). The Hall–Kier alpha value is -0.650. The molecule has 0 saturated carbocycles. The molecule has 0 heterocycles. The minimum Gasteiger partial charge on any atom is -0.480 e. The average Bonchev–Trinajstić information content (AvgIpc) is 2.19. The van der Waals surface area contributed by atoms with Gasteiger partial charge in [-0.1, -0.05) is 0 Å². The Balaban J connectivity index is 4.11. The molecule has 96 valence electrons. The molecule has 0 saturated heterocycles. The van der Waals surface area contributed by atoms with Gasteiger partial charge in [0, 0.05) is 25.7 Å². The third-order valence-electron chi connectivity index (χ3n) is 2.36. The highest BCUT2D eigenvalue weighted by molar-refractivity contribution is 5.69. The molecule has 1 N–H and O–H groups in total. The first kappa shape index (κ1) is 15.3. The molecule has 0 aromatic heterocycles. The van der Waals surface area contributed by atoms with Gasteiger partial charge in [-0.05, 0) is 27.9 Å². The van der Waals surface area contributed by atoms with Gasteiger partial charge in [-0.25, -0.2) is 0 Å². The van der Waals surface area contributed by atoms with Crippen LogP contribution >= 0.6 is 0 Å². The fraction of sp³-hybridized carbons (Fsp3) is 0.909. The fourth-order valence-electron chi connectivity index (χ4n) is 1.35. The predicted octanol–water partition coefficient (Wildman–Crippen LogP) is 0.360. The lowest BCUT2D eigenvalue weighted by Crippen LogP contribution is -2.43. The summed E-state index contributed by atoms with van der Waals surface area (Å²) >= 11 is 0. The zero-order valence-corrected chi connectivity index (χ0v) is 10.8. The van der Waals surface area contributed by atoms with Crippen molar-refractivity contribution >= 4 is 5.97 Å². The van der Waals surface area contributed by atoms with Crippen LogP contribution in [0.5, 0.6) is 0 Å². The fourth-order valence-corrected chi connectivity index (χ4v) is 1.35. The molecular formula is C11H24N2O3. The Morgan fingerprint density at radius 3 is 2.44 bits per heavy atom. The number of nitrogens with zero attached hydrogens (tertiary/aromatic N) is 2. The zero-order chi connectivity index (χ0) is 12.6. The first-order valence-corrected chi connectivity index (χ1v) is 5.65. The highest BCUT2D eigenvalue weighted by atomic mass is 16.5. The number of likely N-dealkylation sites (N-methyl/N-ethyl adjacent to an activating group) is 1. The maximum absolute atomic E-state index is 10.7. The van der Waals surface area contributed by atoms with E-state index in [1.54, 1.807) is 0 Å². The Morgan fingerprint density at radius 2 is 2.00 bits per heavy atom. The molecule has 0 radical (unpaired) electrons. The molecule has 0 amide bonds. The summed E-state index contributed by atoms with van der Waals surface area (Å²) < 4.78 is 5.32. The van der Waals surface area contributed by atoms with E-state index < -0.39 is 5.97 Å². The summed E-state index contributed by atoms with van der Waals surface area (Å²) in [4.78, 5) is 14.7. The van der Waals surface area contributed by atoms with Gasteiger partial charge < -0.3 is 14.7 Å². The van der Waals surface area contributed by atoms with Crippen LogP contribution in [0.15, 0.2) is 0 Å². The van der Waals surface area contributed by atoms with Gasteiger partial charge in [-0.2, -0.15) is 0 Å². The number of carboxylic acids is 1. The third kappa shape index (κ3) is 7.62. The molecule has 16 heavy (non-hydrogen) atoms. The van der Waals surface area contributed by atoms with Gasteiger partial charge in [0.05, 0.1) is 13.2 Å². The van der Waals surface area contributed by atoms with E-state index >= 15 is 0 Å². The van der Waals surface area contributed by atoms with E-state index in [2.05, 4.69) is 0 Å². The van der Waals surface area contributed by atoms with Gasteiger partial charge in [0.15, 0.2) is 0 Å². The molecule has 0 bridgehead atoms. The van der Waals surface area contributed by atoms with Crippen molar-refractivity contribution in [1.82, 2.24) is 9.80 Å². The Kier molecular flexibility index (Phi) is 8.15. The Morgan fingerprint density at radius 1 is 1.38 bits per heavy atom. The summed E-state index contributed by atoms with van der Waals surface area (Å²) in [5.41, 5.74) is 0. The van der Waals surface area contributed by atoms with Gasteiger partial charge in [0.2, 0.25) is 0 Å². The molecule has 0 spiro atoms. The molecule has 0 fully saturated rings. The molecular weight excluding hydrogens is 208 g/mol. The van der Waals surface area contributed by atoms with Crippen LogP contribution in [-0.4, -0.2) is 73.9 Å². The SMILES string of the molecule is CCOCC(C)N(CCN(C)C)CC(=O)O. The summed E-state index contributed by atoms with van der Waals surface area (Å²) in [6.07, 6.45) is 0. The van der Waals surface area contributed by atoms with Crippen molar-refractivity contribution < 1.29 is 14.6 Å². The lowest BCUT2D eigenvalue weighted by molar-refractivity contribution is -0.139. The molecule has 1 unspecified atom stereocenters. The van der Waals surface area contributed by atoms with Crippen molar-refractivity contribution in [2.45, 2.75) is 19.9 Å². The quantitative estimate of drug-likeness (QED) is 0.622. The second-order valence-corrected chi connectivity index (χ2v) is 4.18. The lowest BCUT2D eigenvalue weighted by atomic mass is 10.3. The van der Waals surface area contributed by atoms with Gasteiger partial charge >= 0.3 is 5.97 Å². The van der Waals surface area contributed by atoms with Gasteiger partial charge in [-0.3, -0.25) is 9.69 Å². The molecule has 5 nitrogen and oxygen atoms in total. The molecule has 0 aliphatic carbocycles. The predicted molar refractivity (Wildman–Crippen MR) is 63.7 cm³/mol. The van der Waals surface area contributed by atoms with Gasteiger partial charge in [-0.15, -0.1) is 0 Å². The van der Waals surface area contributed by atoms with Crippen LogP contribution in [0.3, 0.4) is 0 Å². The normalized spacial score (nSPS) is 13.4. The third-order valence-corrected chi connectivity index (χ3v) is 2.36. The van der Waals surface area contributed by atoms with Crippen molar-refractivity contribution in [2.24, 2.45) is 0 Å². The van der Waals surface area contributed by atoms with E-state index in [-0.39, 0.29) is 12.6 Å². The van der Waals surface area contributed by atoms with E-state index in [0.717, 1.165) is 13.1 Å². The second kappa shape index (κ2) is 8.50. The highest BCUT2D eigenvalue weighted by Gasteiger charge is 2.16. The van der Waals surface area contributed by atoms with E-state index in [1.165, 1.54) is 0 Å². The maximum atomic E-state index is 10.7. The largest absolute Gasteiger partial charge is 0.480 e. The number of aliphatic carboxylic acids is 1. The average molecular weight is 232 g/mol. The van der Waals surface area contributed by atoms with E-state index in [1.807, 2.05) is 37.7 Å². The van der Waals surface area contributed by atoms with Crippen LogP contribution < -0.4 is 0 Å². The smallest absolute Gasteiger partial charge is 0.317 e. The summed E-state index contributed by atoms with van der Waals surface area (Å²) in [5.74, 6) is -0.790. The maximum Gasteiger partial charge on any atom is 0.317 e. The Labute approximate surface area is 98.0 Å². The van der Waals surface area contributed by atoms with E-state index in [9.17, 15) is 4.79 Å². The van der Waals surface area contributed by atoms with Crippen LogP contribution in [0.2, 0.25) is 0 Å². The number of ether oxygens (including phenoxy) is 1. The van der Waals surface area contributed by atoms with E-state index in [0.29, 0.717) is 13.2 Å². The minimum absolute atomic E-state index is 0.0715. The molecule has 1 atom stereocenters. The molecule has 5 heteroatoms. The van der Waals surface area contributed by atoms with Gasteiger partial charge in [0.1, 0.15) is 0 Å². The summed E-state index contributed by atoms with van der Waals surface area (Å²) in [7, 11) is 3.96. The minimum atomic E-state index is -0.790. The van der Waals surface area contributed by atoms with Crippen molar-refractivity contribution in [3.05, 3.63) is 0 Å². The molecule has 0 aromatic rings. The van der Waals surface area contributed by atoms with E-state index in [4.69, 9.17) is 9.84 Å². The van der Waals surface area contributed by atoms with Crippen LogP contribution in [0.1, 0.15) is 13.8 Å². The first-order valence-electron chi connectivity index (χ1n) is 5.65. The number of carboxylic acid groups (broad SMARTS) is 1. The summed E-state index contributed by atoms with van der Waals surface area (Å²) in [6, 6.07) is 0.135. The Bertz CT molecular complexity index is 198. The van der Waals surface area contributed by atoms with Crippen molar-refractivity contribution in [1.29, 1.82) is 0 Å². The highest BCUT2D eigenvalue weighted by Crippen LogP contribution is 2.00. The molecule has 0 aliphatic heterocycles. The molecule has 0 aromatic carbocycles. The second-order valence-electron chi connectivity index (χ2n) is 4.18. The number of hydrogen-bond acceptors (Lipinski definition) is 4. The molecule has 0 aliphatic rings. The van der Waals surface area contributed by atoms with Crippen LogP contribution in [0, 0.1) is 0 Å². The first-order chi connectivity index (χ1) is 7.47. The monoisotopic (exact) mass is 232 g/mol. The number of carbonyl (C=O) groups is 1. The number of rotatable bonds is 9. The standard InChI is InChI=1S/C11H24N2O3/c1-5-16-9-10(2)13(8-11(14)15)7-6-12(3)4/h10H,5-9H2,1-4H3,(H,14,15). The lowest BCUT2D eigenvalue weighted by Gasteiger charge is -2.28. The van der Waals surface area contributed by atoms with Crippen LogP contribution in [0.25, 0.3) is 0 Å². The summed E-state index contributed by atoms with van der Waals surface area (Å²) in [6.45, 7) is 6.85. The number of hydrogen-bond donors (Lipinski definition) is 1. The zero-order valence-electron chi connectivity index (χ0n) is 10.8. The summed E-state index contributed by atoms with van der Waals surface area (Å²) in [5, 5.41) is 8.83. The van der Waals surface area contributed by atoms with Gasteiger partial charge in [0.25, 0.3) is 0 Å². The van der Waals surface area contributed by atoms with Crippen molar-refractivity contribution in [2.75, 3.05) is 46.9 Å². The van der Waals surface area contributed by atoms with Crippen molar-refractivity contribution in [3.8, 4) is 0 Å². The van der Waals surface area contributed by atoms with Crippen LogP contribution in [-0.2, 0) is 9.53 Å². The van der Waals surface area contributed by atoms with Crippen molar-refractivity contribution in [3.63, 3.8) is 0 Å².